The number of nitrogens with zero attached hydrogens (tertiary/aromatic N) is 1. The first kappa shape index (κ1) is 22.5. The SMILES string of the molecule is CC(Oc1ccccc1C(C)C)C(=O)N1CCC(NC(=O)C(C)(C)CCl)CC1. The molecular formula is C22H33ClN2O3. The molecule has 2 amide bonds. The third-order valence-corrected chi connectivity index (χ3v) is 5.95. The van der Waals surface area contributed by atoms with E-state index < -0.39 is 11.5 Å². The van der Waals surface area contributed by atoms with E-state index in [2.05, 4.69) is 19.2 Å². The summed E-state index contributed by atoms with van der Waals surface area (Å²) in [5.74, 6) is 1.33. The summed E-state index contributed by atoms with van der Waals surface area (Å²) in [6.45, 7) is 10.9. The molecule has 2 rings (SSSR count). The van der Waals surface area contributed by atoms with E-state index in [1.54, 1.807) is 6.92 Å². The third kappa shape index (κ3) is 5.63. The second kappa shape index (κ2) is 9.64. The molecule has 1 aromatic carbocycles. The highest BCUT2D eigenvalue weighted by molar-refractivity contribution is 6.19. The Labute approximate surface area is 173 Å². The number of hydrogen-bond donors (Lipinski definition) is 1. The second-order valence-corrected chi connectivity index (χ2v) is 8.81. The number of halogens is 1. The van der Waals surface area contributed by atoms with Gasteiger partial charge in [0, 0.05) is 25.0 Å². The van der Waals surface area contributed by atoms with Crippen molar-refractivity contribution in [1.82, 2.24) is 10.2 Å². The lowest BCUT2D eigenvalue weighted by Gasteiger charge is -2.35. The molecule has 0 saturated carbocycles. The Morgan fingerprint density at radius 2 is 1.82 bits per heavy atom. The van der Waals surface area contributed by atoms with Crippen LogP contribution in [0, 0.1) is 5.41 Å². The molecule has 0 bridgehead atoms. The predicted octanol–water partition coefficient (Wildman–Crippen LogP) is 3.95. The molecule has 1 N–H and O–H groups in total. The number of alkyl halides is 1. The molecule has 6 heteroatoms. The number of benzene rings is 1. The number of hydrogen-bond acceptors (Lipinski definition) is 3. The quantitative estimate of drug-likeness (QED) is 0.695. The molecule has 0 aliphatic carbocycles. The van der Waals surface area contributed by atoms with Gasteiger partial charge in [-0.15, -0.1) is 11.6 Å². The largest absolute Gasteiger partial charge is 0.481 e. The Balaban J connectivity index is 1.89. The summed E-state index contributed by atoms with van der Waals surface area (Å²) in [7, 11) is 0. The van der Waals surface area contributed by atoms with Gasteiger partial charge in [-0.05, 0) is 51.2 Å². The van der Waals surface area contributed by atoms with E-state index in [4.69, 9.17) is 16.3 Å². The molecule has 0 spiro atoms. The Hall–Kier alpha value is -1.75. The van der Waals surface area contributed by atoms with E-state index in [1.165, 1.54) is 0 Å². The monoisotopic (exact) mass is 408 g/mol. The maximum atomic E-state index is 12.8. The number of carbonyl (C=O) groups is 2. The van der Waals surface area contributed by atoms with Crippen molar-refractivity contribution in [3.8, 4) is 5.75 Å². The van der Waals surface area contributed by atoms with Crippen molar-refractivity contribution >= 4 is 23.4 Å². The predicted molar refractivity (Wildman–Crippen MR) is 113 cm³/mol. The van der Waals surface area contributed by atoms with E-state index >= 15 is 0 Å². The minimum atomic E-state index is -0.583. The van der Waals surface area contributed by atoms with Crippen molar-refractivity contribution in [2.24, 2.45) is 5.41 Å². The van der Waals surface area contributed by atoms with Crippen LogP contribution in [0.3, 0.4) is 0 Å². The molecule has 1 aliphatic rings. The number of rotatable bonds is 7. The number of likely N-dealkylation sites (tertiary alicyclic amines) is 1. The van der Waals surface area contributed by atoms with Gasteiger partial charge in [0.2, 0.25) is 5.91 Å². The van der Waals surface area contributed by atoms with Crippen LogP contribution < -0.4 is 10.1 Å². The summed E-state index contributed by atoms with van der Waals surface area (Å²) in [6, 6.07) is 7.94. The zero-order chi connectivity index (χ0) is 20.9. The first-order valence-electron chi connectivity index (χ1n) is 10.1. The van der Waals surface area contributed by atoms with Gasteiger partial charge in [0.1, 0.15) is 5.75 Å². The summed E-state index contributed by atoms with van der Waals surface area (Å²) < 4.78 is 6.00. The van der Waals surface area contributed by atoms with Crippen LogP contribution in [-0.2, 0) is 9.59 Å². The van der Waals surface area contributed by atoms with Crippen LogP contribution in [-0.4, -0.2) is 47.8 Å². The normalized spacial score (nSPS) is 16.8. The second-order valence-electron chi connectivity index (χ2n) is 8.54. The van der Waals surface area contributed by atoms with Crippen LogP contribution in [0.25, 0.3) is 0 Å². The van der Waals surface area contributed by atoms with Gasteiger partial charge in [-0.1, -0.05) is 32.0 Å². The van der Waals surface area contributed by atoms with E-state index in [1.807, 2.05) is 43.0 Å². The van der Waals surface area contributed by atoms with Gasteiger partial charge < -0.3 is 15.0 Å². The van der Waals surface area contributed by atoms with E-state index in [-0.39, 0.29) is 23.7 Å². The Morgan fingerprint density at radius 1 is 1.21 bits per heavy atom. The molecule has 1 atom stereocenters. The van der Waals surface area contributed by atoms with Crippen LogP contribution in [0.5, 0.6) is 5.75 Å². The maximum Gasteiger partial charge on any atom is 0.263 e. The van der Waals surface area contributed by atoms with Gasteiger partial charge in [0.25, 0.3) is 5.91 Å². The van der Waals surface area contributed by atoms with E-state index in [0.717, 1.165) is 24.2 Å². The summed E-state index contributed by atoms with van der Waals surface area (Å²) in [6.07, 6.45) is 0.942. The molecule has 0 radical (unpaired) electrons. The first-order valence-corrected chi connectivity index (χ1v) is 10.6. The lowest BCUT2D eigenvalue weighted by atomic mass is 9.93. The molecule has 1 saturated heterocycles. The van der Waals surface area contributed by atoms with Crippen molar-refractivity contribution in [2.75, 3.05) is 19.0 Å². The number of amides is 2. The molecule has 1 aliphatic heterocycles. The molecule has 0 aromatic heterocycles. The number of ether oxygens (including phenoxy) is 1. The summed E-state index contributed by atoms with van der Waals surface area (Å²) in [5, 5.41) is 3.07. The Bertz CT molecular complexity index is 682. The zero-order valence-corrected chi connectivity index (χ0v) is 18.4. The topological polar surface area (TPSA) is 58.6 Å². The lowest BCUT2D eigenvalue weighted by molar-refractivity contribution is -0.139. The molecule has 156 valence electrons. The highest BCUT2D eigenvalue weighted by Gasteiger charge is 2.32. The van der Waals surface area contributed by atoms with Gasteiger partial charge in [0.05, 0.1) is 5.41 Å². The van der Waals surface area contributed by atoms with Crippen LogP contribution in [0.1, 0.15) is 58.9 Å². The van der Waals surface area contributed by atoms with Gasteiger partial charge in [0.15, 0.2) is 6.10 Å². The summed E-state index contributed by atoms with van der Waals surface area (Å²) in [5.41, 5.74) is 0.520. The number of para-hydroxylation sites is 1. The van der Waals surface area contributed by atoms with Crippen molar-refractivity contribution in [1.29, 1.82) is 0 Å². The highest BCUT2D eigenvalue weighted by Crippen LogP contribution is 2.27. The highest BCUT2D eigenvalue weighted by atomic mass is 35.5. The molecular weight excluding hydrogens is 376 g/mol. The minimum absolute atomic E-state index is 0.00979. The number of carbonyl (C=O) groups excluding carboxylic acids is 2. The smallest absolute Gasteiger partial charge is 0.263 e. The minimum Gasteiger partial charge on any atom is -0.481 e. The Morgan fingerprint density at radius 3 is 2.39 bits per heavy atom. The molecule has 5 nitrogen and oxygen atoms in total. The molecule has 1 fully saturated rings. The molecule has 1 unspecified atom stereocenters. The standard InChI is InChI=1S/C22H33ClN2O3/c1-15(2)18-8-6-7-9-19(18)28-16(3)20(26)25-12-10-17(11-13-25)24-21(27)22(4,5)14-23/h6-9,15-17H,10-14H2,1-5H3,(H,24,27). The summed E-state index contributed by atoms with van der Waals surface area (Å²) >= 11 is 5.87. The average molecular weight is 409 g/mol. The number of piperidine rings is 1. The van der Waals surface area contributed by atoms with Gasteiger partial charge in [-0.2, -0.15) is 0 Å². The van der Waals surface area contributed by atoms with E-state index in [0.29, 0.717) is 19.0 Å². The number of nitrogens with one attached hydrogen (secondary N) is 1. The first-order chi connectivity index (χ1) is 13.2. The Kier molecular flexibility index (Phi) is 7.76. The molecule has 1 aromatic rings. The molecule has 28 heavy (non-hydrogen) atoms. The fourth-order valence-electron chi connectivity index (χ4n) is 3.25. The van der Waals surface area contributed by atoms with Crippen molar-refractivity contribution in [2.45, 2.75) is 65.5 Å². The van der Waals surface area contributed by atoms with Gasteiger partial charge >= 0.3 is 0 Å². The van der Waals surface area contributed by atoms with Gasteiger partial charge in [-0.3, -0.25) is 9.59 Å². The van der Waals surface area contributed by atoms with Crippen LogP contribution in [0.2, 0.25) is 0 Å². The van der Waals surface area contributed by atoms with Crippen molar-refractivity contribution < 1.29 is 14.3 Å². The maximum absolute atomic E-state index is 12.8. The fourth-order valence-corrected chi connectivity index (χ4v) is 3.37. The third-order valence-electron chi connectivity index (χ3n) is 5.28. The van der Waals surface area contributed by atoms with Crippen molar-refractivity contribution in [3.63, 3.8) is 0 Å². The van der Waals surface area contributed by atoms with E-state index in [9.17, 15) is 9.59 Å². The zero-order valence-electron chi connectivity index (χ0n) is 17.6. The van der Waals surface area contributed by atoms with Crippen LogP contribution in [0.4, 0.5) is 0 Å². The fraction of sp³-hybridized carbons (Fsp3) is 0.636. The van der Waals surface area contributed by atoms with Gasteiger partial charge in [-0.25, -0.2) is 0 Å². The van der Waals surface area contributed by atoms with Crippen molar-refractivity contribution in [3.05, 3.63) is 29.8 Å². The average Bonchev–Trinajstić information content (AvgIpc) is 2.68. The molecule has 1 heterocycles. The summed E-state index contributed by atoms with van der Waals surface area (Å²) in [4.78, 5) is 26.9. The lowest BCUT2D eigenvalue weighted by Crippen LogP contribution is -2.51. The van der Waals surface area contributed by atoms with Crippen LogP contribution in [0.15, 0.2) is 24.3 Å². The van der Waals surface area contributed by atoms with Crippen LogP contribution >= 0.6 is 11.6 Å².